The molecule has 1 aliphatic rings. The van der Waals surface area contributed by atoms with E-state index in [1.807, 2.05) is 0 Å². The highest BCUT2D eigenvalue weighted by Crippen LogP contribution is 2.24. The first-order valence-electron chi connectivity index (χ1n) is 7.23. The van der Waals surface area contributed by atoms with Crippen LogP contribution in [0.25, 0.3) is 0 Å². The van der Waals surface area contributed by atoms with Gasteiger partial charge >= 0.3 is 5.97 Å². The van der Waals surface area contributed by atoms with E-state index in [-0.39, 0.29) is 11.3 Å². The first-order chi connectivity index (χ1) is 11.3. The molecule has 1 amide bonds. The maximum atomic E-state index is 11.3. The van der Waals surface area contributed by atoms with E-state index in [0.29, 0.717) is 0 Å². The lowest BCUT2D eigenvalue weighted by atomic mass is 9.97. The third-order valence-corrected chi connectivity index (χ3v) is 3.60. The number of rotatable bonds is 5. The zero-order chi connectivity index (χ0) is 17.9. The van der Waals surface area contributed by atoms with Crippen LogP contribution in [0.15, 0.2) is 24.3 Å². The van der Waals surface area contributed by atoms with E-state index < -0.39 is 49.1 Å². The molecule has 1 aliphatic heterocycles. The van der Waals surface area contributed by atoms with Gasteiger partial charge in [-0.1, -0.05) is 0 Å². The molecule has 24 heavy (non-hydrogen) atoms. The molecule has 1 aromatic rings. The van der Waals surface area contributed by atoms with Crippen LogP contribution in [0.2, 0.25) is 0 Å². The molecule has 1 aromatic carbocycles. The molecule has 1 saturated heterocycles. The lowest BCUT2D eigenvalue weighted by Crippen LogP contribution is -2.65. The van der Waals surface area contributed by atoms with Crippen LogP contribution in [-0.4, -0.2) is 69.6 Å². The van der Waals surface area contributed by atoms with Crippen LogP contribution >= 0.6 is 0 Å². The number of ether oxygens (including phenoxy) is 2. The summed E-state index contributed by atoms with van der Waals surface area (Å²) in [7, 11) is 0. The van der Waals surface area contributed by atoms with Crippen LogP contribution in [-0.2, 0) is 9.53 Å². The smallest absolute Gasteiger partial charge is 0.335 e. The molecule has 0 spiro atoms. The van der Waals surface area contributed by atoms with Gasteiger partial charge in [0.15, 0.2) is 0 Å². The molecular weight excluding hydrogens is 322 g/mol. The molecule has 0 unspecified atom stereocenters. The van der Waals surface area contributed by atoms with E-state index in [0.717, 1.165) is 0 Å². The third-order valence-electron chi connectivity index (χ3n) is 3.60. The topological polar surface area (TPSA) is 146 Å². The van der Waals surface area contributed by atoms with Gasteiger partial charge in [-0.3, -0.25) is 4.79 Å². The summed E-state index contributed by atoms with van der Waals surface area (Å²) in [5.41, 5.74) is 0.0639. The van der Waals surface area contributed by atoms with Gasteiger partial charge in [-0.15, -0.1) is 0 Å². The fraction of sp³-hybridized carbons (Fsp3) is 0.467. The van der Waals surface area contributed by atoms with Crippen LogP contribution in [0.4, 0.5) is 0 Å². The van der Waals surface area contributed by atoms with E-state index in [1.54, 1.807) is 0 Å². The van der Waals surface area contributed by atoms with E-state index in [2.05, 4.69) is 5.32 Å². The number of aromatic carboxylic acids is 1. The standard InChI is InChI=1S/C15H19NO8/c1-7(18)16-11-13(20)12(19)10(6-17)24-15(11)23-9-4-2-8(3-5-9)14(21)22/h2-5,10-13,15,17,19-20H,6H2,1H3,(H,16,18)(H,21,22)/t10-,11-,12+,13+,15-/m0/s1. The minimum Gasteiger partial charge on any atom is -0.478 e. The van der Waals surface area contributed by atoms with Gasteiger partial charge in [-0.25, -0.2) is 4.79 Å². The van der Waals surface area contributed by atoms with Crippen molar-refractivity contribution in [3.8, 4) is 5.75 Å². The third kappa shape index (κ3) is 4.01. The zero-order valence-corrected chi connectivity index (χ0v) is 12.8. The van der Waals surface area contributed by atoms with Gasteiger partial charge in [0.2, 0.25) is 12.2 Å². The molecule has 0 radical (unpaired) electrons. The Balaban J connectivity index is 2.19. The molecule has 132 valence electrons. The molecule has 0 aromatic heterocycles. The number of benzene rings is 1. The van der Waals surface area contributed by atoms with Crippen molar-refractivity contribution in [2.75, 3.05) is 6.61 Å². The first kappa shape index (κ1) is 18.1. The Morgan fingerprint density at radius 1 is 1.21 bits per heavy atom. The predicted molar refractivity (Wildman–Crippen MR) is 79.4 cm³/mol. The Bertz CT molecular complexity index is 590. The summed E-state index contributed by atoms with van der Waals surface area (Å²) in [4.78, 5) is 22.1. The molecule has 0 saturated carbocycles. The summed E-state index contributed by atoms with van der Waals surface area (Å²) < 4.78 is 10.9. The van der Waals surface area contributed by atoms with Crippen molar-refractivity contribution in [1.29, 1.82) is 0 Å². The Kier molecular flexibility index (Phi) is 5.73. The molecule has 9 heteroatoms. The normalized spacial score (nSPS) is 29.8. The number of carboxylic acid groups (broad SMARTS) is 1. The summed E-state index contributed by atoms with van der Waals surface area (Å²) >= 11 is 0. The number of aliphatic hydroxyl groups excluding tert-OH is 3. The monoisotopic (exact) mass is 341 g/mol. The van der Waals surface area contributed by atoms with Crippen molar-refractivity contribution in [3.63, 3.8) is 0 Å². The second-order valence-electron chi connectivity index (χ2n) is 5.38. The quantitative estimate of drug-likeness (QED) is 0.445. The summed E-state index contributed by atoms with van der Waals surface area (Å²) in [6.07, 6.45) is -5.09. The van der Waals surface area contributed by atoms with E-state index in [9.17, 15) is 24.9 Å². The molecule has 5 N–H and O–H groups in total. The van der Waals surface area contributed by atoms with E-state index in [1.165, 1.54) is 31.2 Å². The largest absolute Gasteiger partial charge is 0.478 e. The number of amides is 1. The SMILES string of the molecule is CC(=O)N[C@@H]1[C@@H](Oc2ccc(C(=O)O)cc2)O[C@@H](CO)[C@@H](O)[C@@H]1O. The Morgan fingerprint density at radius 2 is 1.83 bits per heavy atom. The second-order valence-corrected chi connectivity index (χ2v) is 5.38. The summed E-state index contributed by atoms with van der Waals surface area (Å²) in [6.45, 7) is 0.679. The predicted octanol–water partition coefficient (Wildman–Crippen LogP) is -1.29. The van der Waals surface area contributed by atoms with Crippen LogP contribution < -0.4 is 10.1 Å². The van der Waals surface area contributed by atoms with Crippen LogP contribution in [0.3, 0.4) is 0 Å². The number of hydrogen-bond donors (Lipinski definition) is 5. The molecule has 1 fully saturated rings. The molecular formula is C15H19NO8. The Morgan fingerprint density at radius 3 is 2.33 bits per heavy atom. The number of carboxylic acids is 1. The highest BCUT2D eigenvalue weighted by atomic mass is 16.7. The van der Waals surface area contributed by atoms with E-state index in [4.69, 9.17) is 14.6 Å². The maximum absolute atomic E-state index is 11.3. The molecule has 9 nitrogen and oxygen atoms in total. The minimum atomic E-state index is -1.41. The maximum Gasteiger partial charge on any atom is 0.335 e. The van der Waals surface area contributed by atoms with Crippen molar-refractivity contribution in [2.24, 2.45) is 0 Å². The van der Waals surface area contributed by atoms with Crippen molar-refractivity contribution >= 4 is 11.9 Å². The van der Waals surface area contributed by atoms with Gasteiger partial charge in [-0.05, 0) is 24.3 Å². The lowest BCUT2D eigenvalue weighted by Gasteiger charge is -2.42. The van der Waals surface area contributed by atoms with Gasteiger partial charge in [-0.2, -0.15) is 0 Å². The van der Waals surface area contributed by atoms with Crippen LogP contribution in [0.5, 0.6) is 5.75 Å². The molecule has 0 bridgehead atoms. The average Bonchev–Trinajstić information content (AvgIpc) is 2.54. The number of carbonyl (C=O) groups is 2. The van der Waals surface area contributed by atoms with Crippen LogP contribution in [0, 0.1) is 0 Å². The van der Waals surface area contributed by atoms with Crippen molar-refractivity contribution in [2.45, 2.75) is 37.6 Å². The van der Waals surface area contributed by atoms with Crippen molar-refractivity contribution < 1.29 is 39.5 Å². The highest BCUT2D eigenvalue weighted by Gasteiger charge is 2.46. The van der Waals surface area contributed by atoms with Gasteiger partial charge in [0.05, 0.1) is 12.2 Å². The van der Waals surface area contributed by atoms with Gasteiger partial charge in [0.25, 0.3) is 0 Å². The molecule has 2 rings (SSSR count). The van der Waals surface area contributed by atoms with Gasteiger partial charge in [0, 0.05) is 6.92 Å². The van der Waals surface area contributed by atoms with Crippen LogP contribution in [0.1, 0.15) is 17.3 Å². The summed E-state index contributed by atoms with van der Waals surface area (Å²) in [6, 6.07) is 4.36. The Labute approximate surface area is 137 Å². The number of nitrogens with one attached hydrogen (secondary N) is 1. The minimum absolute atomic E-state index is 0.0639. The fourth-order valence-electron chi connectivity index (χ4n) is 2.38. The van der Waals surface area contributed by atoms with Crippen molar-refractivity contribution in [3.05, 3.63) is 29.8 Å². The van der Waals surface area contributed by atoms with E-state index >= 15 is 0 Å². The average molecular weight is 341 g/mol. The van der Waals surface area contributed by atoms with Gasteiger partial charge < -0.3 is 35.2 Å². The fourth-order valence-corrected chi connectivity index (χ4v) is 2.38. The number of hydrogen-bond acceptors (Lipinski definition) is 7. The number of carbonyl (C=O) groups excluding carboxylic acids is 1. The second kappa shape index (κ2) is 7.58. The molecule has 0 aliphatic carbocycles. The first-order valence-corrected chi connectivity index (χ1v) is 7.23. The van der Waals surface area contributed by atoms with Gasteiger partial charge in [0.1, 0.15) is 30.1 Å². The van der Waals surface area contributed by atoms with Crippen molar-refractivity contribution in [1.82, 2.24) is 5.32 Å². The Hall–Kier alpha value is -2.20. The summed E-state index contributed by atoms with van der Waals surface area (Å²) in [5.74, 6) is -1.32. The zero-order valence-electron chi connectivity index (χ0n) is 12.8. The highest BCUT2D eigenvalue weighted by molar-refractivity contribution is 5.87. The number of aliphatic hydroxyl groups is 3. The lowest BCUT2D eigenvalue weighted by molar-refractivity contribution is -0.244. The summed E-state index contributed by atoms with van der Waals surface area (Å²) in [5, 5.41) is 40.6. The molecule has 5 atom stereocenters. The molecule has 1 heterocycles.